The zero-order valence-corrected chi connectivity index (χ0v) is 14.2. The van der Waals surface area contributed by atoms with Crippen LogP contribution in [0, 0.1) is 6.92 Å². The Bertz CT molecular complexity index is 524. The molecule has 2 aromatic rings. The van der Waals surface area contributed by atoms with E-state index in [2.05, 4.69) is 34.6 Å². The third-order valence-corrected chi connectivity index (χ3v) is 5.02. The number of aryl methyl sites for hydroxylation is 2. The van der Waals surface area contributed by atoms with Gasteiger partial charge in [-0.15, -0.1) is 22.7 Å². The van der Waals surface area contributed by atoms with Crippen molar-refractivity contribution in [3.05, 3.63) is 26.7 Å². The molecule has 2 rings (SSSR count). The van der Waals surface area contributed by atoms with Crippen molar-refractivity contribution in [3.8, 4) is 0 Å². The molecule has 0 aliphatic rings. The monoisotopic (exact) mass is 310 g/mol. The molecule has 0 radical (unpaired) electrons. The second kappa shape index (κ2) is 7.15. The van der Waals surface area contributed by atoms with Crippen molar-refractivity contribution < 1.29 is 0 Å². The quantitative estimate of drug-likeness (QED) is 0.852. The molecule has 1 N–H and O–H groups in total. The molecule has 0 saturated carbocycles. The predicted molar refractivity (Wildman–Crippen MR) is 87.8 cm³/mol. The smallest absolute Gasteiger partial charge is 0.185 e. The average Bonchev–Trinajstić information content (AvgIpc) is 2.98. The van der Waals surface area contributed by atoms with E-state index in [4.69, 9.17) is 4.98 Å². The van der Waals surface area contributed by atoms with Gasteiger partial charge in [0.2, 0.25) is 0 Å². The summed E-state index contributed by atoms with van der Waals surface area (Å²) in [4.78, 5) is 12.9. The molecule has 2 heterocycles. The van der Waals surface area contributed by atoms with E-state index in [9.17, 15) is 0 Å². The fourth-order valence-electron chi connectivity index (χ4n) is 2.06. The second-order valence-corrected chi connectivity index (χ2v) is 6.98. The minimum Gasteiger partial charge on any atom is -0.345 e. The molecule has 0 aromatic carbocycles. The van der Waals surface area contributed by atoms with Crippen LogP contribution in [0.2, 0.25) is 0 Å². The van der Waals surface area contributed by atoms with E-state index in [1.54, 1.807) is 22.7 Å². The van der Waals surface area contributed by atoms with Crippen LogP contribution in [0.1, 0.15) is 34.6 Å². The highest BCUT2D eigenvalue weighted by atomic mass is 32.1. The molecule has 0 aliphatic carbocycles. The van der Waals surface area contributed by atoms with Crippen molar-refractivity contribution >= 4 is 27.8 Å². The van der Waals surface area contributed by atoms with Gasteiger partial charge in [0, 0.05) is 23.8 Å². The van der Waals surface area contributed by atoms with Crippen molar-refractivity contribution in [3.63, 3.8) is 0 Å². The van der Waals surface area contributed by atoms with E-state index < -0.39 is 0 Å². The Morgan fingerprint density at radius 2 is 2.15 bits per heavy atom. The molecule has 0 bridgehead atoms. The standard InChI is InChI=1S/C14H22N4S2/c1-5-6-12-13(7-15-3)20-14(17-12)18(4)8-11-9-19-10(2)16-11/h9,15H,5-8H2,1-4H3. The van der Waals surface area contributed by atoms with Crippen LogP contribution in [0.3, 0.4) is 0 Å². The minimum absolute atomic E-state index is 0.822. The molecule has 20 heavy (non-hydrogen) atoms. The highest BCUT2D eigenvalue weighted by Gasteiger charge is 2.14. The third kappa shape index (κ3) is 3.77. The first-order valence-corrected chi connectivity index (χ1v) is 8.59. The van der Waals surface area contributed by atoms with Gasteiger partial charge in [0.25, 0.3) is 0 Å². The summed E-state index contributed by atoms with van der Waals surface area (Å²) in [6, 6.07) is 0. The molecule has 0 spiro atoms. The number of aromatic nitrogens is 2. The Balaban J connectivity index is 2.12. The summed E-state index contributed by atoms with van der Waals surface area (Å²) >= 11 is 3.49. The summed E-state index contributed by atoms with van der Waals surface area (Å²) in [6.07, 6.45) is 2.19. The van der Waals surface area contributed by atoms with Gasteiger partial charge in [0.05, 0.1) is 22.9 Å². The fourth-order valence-corrected chi connectivity index (χ4v) is 3.74. The molecule has 4 nitrogen and oxygen atoms in total. The lowest BCUT2D eigenvalue weighted by molar-refractivity contribution is 0.795. The van der Waals surface area contributed by atoms with Crippen molar-refractivity contribution in [1.82, 2.24) is 15.3 Å². The minimum atomic E-state index is 0.822. The summed E-state index contributed by atoms with van der Waals surface area (Å²) in [5, 5.41) is 7.56. The van der Waals surface area contributed by atoms with Gasteiger partial charge in [-0.2, -0.15) is 0 Å². The topological polar surface area (TPSA) is 41.1 Å². The van der Waals surface area contributed by atoms with Crippen LogP contribution in [0.25, 0.3) is 0 Å². The molecule has 0 amide bonds. The molecule has 0 saturated heterocycles. The zero-order chi connectivity index (χ0) is 14.5. The van der Waals surface area contributed by atoms with Gasteiger partial charge in [0.1, 0.15) is 0 Å². The molecule has 0 unspecified atom stereocenters. The van der Waals surface area contributed by atoms with Crippen LogP contribution in [0.4, 0.5) is 5.13 Å². The Morgan fingerprint density at radius 1 is 1.35 bits per heavy atom. The SMILES string of the molecule is CCCc1nc(N(C)Cc2csc(C)n2)sc1CNC. The van der Waals surface area contributed by atoms with Gasteiger partial charge in [-0.25, -0.2) is 9.97 Å². The van der Waals surface area contributed by atoms with E-state index in [1.807, 2.05) is 14.0 Å². The number of hydrogen-bond donors (Lipinski definition) is 1. The van der Waals surface area contributed by atoms with Crippen LogP contribution in [-0.4, -0.2) is 24.1 Å². The summed E-state index contributed by atoms with van der Waals surface area (Å²) in [6.45, 7) is 5.96. The van der Waals surface area contributed by atoms with Gasteiger partial charge in [-0.05, 0) is 20.4 Å². The first kappa shape index (κ1) is 15.4. The number of anilines is 1. The maximum Gasteiger partial charge on any atom is 0.185 e. The molecule has 0 fully saturated rings. The van der Waals surface area contributed by atoms with Crippen LogP contribution in [0.15, 0.2) is 5.38 Å². The third-order valence-electron chi connectivity index (χ3n) is 2.98. The van der Waals surface area contributed by atoms with E-state index in [1.165, 1.54) is 10.6 Å². The maximum atomic E-state index is 4.80. The largest absolute Gasteiger partial charge is 0.345 e. The first-order valence-electron chi connectivity index (χ1n) is 6.89. The lowest BCUT2D eigenvalue weighted by Gasteiger charge is -2.13. The molecule has 0 atom stereocenters. The summed E-state index contributed by atoms with van der Waals surface area (Å²) in [5.41, 5.74) is 2.36. The van der Waals surface area contributed by atoms with E-state index in [0.29, 0.717) is 0 Å². The number of rotatable bonds is 7. The van der Waals surface area contributed by atoms with Gasteiger partial charge in [-0.3, -0.25) is 0 Å². The molecule has 2 aromatic heterocycles. The molecule has 0 aliphatic heterocycles. The maximum absolute atomic E-state index is 4.80. The van der Waals surface area contributed by atoms with Crippen molar-refractivity contribution in [2.45, 2.75) is 39.8 Å². The summed E-state index contributed by atoms with van der Waals surface area (Å²) in [5.74, 6) is 0. The zero-order valence-electron chi connectivity index (χ0n) is 12.6. The van der Waals surface area contributed by atoms with Crippen molar-refractivity contribution in [2.75, 3.05) is 19.0 Å². The Labute approximate surface area is 128 Å². The molecule has 110 valence electrons. The van der Waals surface area contributed by atoms with E-state index >= 15 is 0 Å². The summed E-state index contributed by atoms with van der Waals surface area (Å²) < 4.78 is 0. The number of nitrogens with zero attached hydrogens (tertiary/aromatic N) is 3. The van der Waals surface area contributed by atoms with Crippen molar-refractivity contribution in [2.24, 2.45) is 0 Å². The van der Waals surface area contributed by atoms with E-state index in [0.717, 1.165) is 41.8 Å². The second-order valence-electron chi connectivity index (χ2n) is 4.86. The predicted octanol–water partition coefficient (Wildman–Crippen LogP) is 3.22. The van der Waals surface area contributed by atoms with Crippen LogP contribution in [-0.2, 0) is 19.5 Å². The van der Waals surface area contributed by atoms with Gasteiger partial charge in [-0.1, -0.05) is 13.3 Å². The fraction of sp³-hybridized carbons (Fsp3) is 0.571. The number of thiazole rings is 2. The number of nitrogens with one attached hydrogen (secondary N) is 1. The lowest BCUT2D eigenvalue weighted by atomic mass is 10.2. The average molecular weight is 310 g/mol. The van der Waals surface area contributed by atoms with Gasteiger partial charge < -0.3 is 10.2 Å². The number of hydrogen-bond acceptors (Lipinski definition) is 6. The molecular weight excluding hydrogens is 288 g/mol. The normalized spacial score (nSPS) is 11.0. The van der Waals surface area contributed by atoms with Crippen molar-refractivity contribution in [1.29, 1.82) is 0 Å². The van der Waals surface area contributed by atoms with Crippen LogP contribution >= 0.6 is 22.7 Å². The highest BCUT2D eigenvalue weighted by Crippen LogP contribution is 2.27. The van der Waals surface area contributed by atoms with Gasteiger partial charge in [0.15, 0.2) is 5.13 Å². The highest BCUT2D eigenvalue weighted by molar-refractivity contribution is 7.15. The van der Waals surface area contributed by atoms with Crippen LogP contribution < -0.4 is 10.2 Å². The van der Waals surface area contributed by atoms with Crippen LogP contribution in [0.5, 0.6) is 0 Å². The first-order chi connectivity index (χ1) is 9.63. The Hall–Kier alpha value is -0.980. The summed E-state index contributed by atoms with van der Waals surface area (Å²) in [7, 11) is 4.07. The Kier molecular flexibility index (Phi) is 5.51. The van der Waals surface area contributed by atoms with E-state index in [-0.39, 0.29) is 0 Å². The molecule has 6 heteroatoms. The Morgan fingerprint density at radius 3 is 2.75 bits per heavy atom. The molecular formula is C14H22N4S2. The lowest BCUT2D eigenvalue weighted by Crippen LogP contribution is -2.16. The van der Waals surface area contributed by atoms with Gasteiger partial charge >= 0.3 is 0 Å².